The molecule has 0 radical (unpaired) electrons. The summed E-state index contributed by atoms with van der Waals surface area (Å²) < 4.78 is 12.0. The van der Waals surface area contributed by atoms with E-state index in [2.05, 4.69) is 25.2 Å². The third-order valence-corrected chi connectivity index (χ3v) is 5.12. The maximum Gasteiger partial charge on any atom is 0.265 e. The molecule has 0 aliphatic carbocycles. The smallest absolute Gasteiger partial charge is 0.265 e. The van der Waals surface area contributed by atoms with Crippen molar-refractivity contribution in [3.8, 4) is 11.5 Å². The first kappa shape index (κ1) is 21.4. The van der Waals surface area contributed by atoms with E-state index in [1.165, 1.54) is 0 Å². The van der Waals surface area contributed by atoms with Crippen LogP contribution in [0.2, 0.25) is 0 Å². The molecule has 3 rings (SSSR count). The summed E-state index contributed by atoms with van der Waals surface area (Å²) in [6.45, 7) is 6.50. The van der Waals surface area contributed by atoms with Crippen LogP contribution in [0.25, 0.3) is 0 Å². The third kappa shape index (κ3) is 5.63. The fourth-order valence-corrected chi connectivity index (χ4v) is 3.12. The fraction of sp³-hybridized carbons (Fsp3) is 0.269. The van der Waals surface area contributed by atoms with Gasteiger partial charge in [0.2, 0.25) is 0 Å². The second kappa shape index (κ2) is 10.5. The molecule has 156 valence electrons. The Kier molecular flexibility index (Phi) is 7.50. The lowest BCUT2D eigenvalue weighted by Gasteiger charge is -2.20. The van der Waals surface area contributed by atoms with E-state index in [4.69, 9.17) is 9.47 Å². The highest BCUT2D eigenvalue weighted by Crippen LogP contribution is 2.30. The van der Waals surface area contributed by atoms with E-state index in [-0.39, 0.29) is 5.91 Å². The van der Waals surface area contributed by atoms with Crippen molar-refractivity contribution in [2.45, 2.75) is 45.8 Å². The van der Waals surface area contributed by atoms with E-state index < -0.39 is 6.10 Å². The summed E-state index contributed by atoms with van der Waals surface area (Å²) in [6.07, 6.45) is 0.366. The number of anilines is 1. The average Bonchev–Trinajstić information content (AvgIpc) is 2.79. The number of rotatable bonds is 9. The van der Waals surface area contributed by atoms with Crippen LogP contribution in [0.3, 0.4) is 0 Å². The number of amides is 1. The standard InChI is InChI=1S/C26H29NO3/c1-4-19(2)22-14-8-10-16-24(22)30-20(3)26(28)27-23-15-9-11-17-25(23)29-18-21-12-6-5-7-13-21/h5-17,19-20H,4,18H2,1-3H3,(H,27,28). The second-order valence-electron chi connectivity index (χ2n) is 7.37. The Balaban J connectivity index is 1.66. The Hall–Kier alpha value is -3.27. The van der Waals surface area contributed by atoms with Gasteiger partial charge in [0.25, 0.3) is 5.91 Å². The zero-order valence-electron chi connectivity index (χ0n) is 17.8. The highest BCUT2D eigenvalue weighted by molar-refractivity contribution is 5.95. The van der Waals surface area contributed by atoms with Crippen molar-refractivity contribution >= 4 is 11.6 Å². The van der Waals surface area contributed by atoms with E-state index >= 15 is 0 Å². The summed E-state index contributed by atoms with van der Waals surface area (Å²) in [5.41, 5.74) is 2.81. The molecule has 0 aliphatic rings. The molecule has 4 nitrogen and oxygen atoms in total. The first-order valence-corrected chi connectivity index (χ1v) is 10.4. The van der Waals surface area contributed by atoms with Crippen LogP contribution in [0.5, 0.6) is 11.5 Å². The van der Waals surface area contributed by atoms with Crippen LogP contribution in [-0.2, 0) is 11.4 Å². The van der Waals surface area contributed by atoms with E-state index in [1.807, 2.05) is 72.8 Å². The Morgan fingerprint density at radius 3 is 2.23 bits per heavy atom. The molecular formula is C26H29NO3. The second-order valence-corrected chi connectivity index (χ2v) is 7.37. The largest absolute Gasteiger partial charge is 0.487 e. The normalized spacial score (nSPS) is 12.6. The van der Waals surface area contributed by atoms with Gasteiger partial charge in [-0.2, -0.15) is 0 Å². The minimum Gasteiger partial charge on any atom is -0.487 e. The van der Waals surface area contributed by atoms with Crippen molar-refractivity contribution in [1.82, 2.24) is 0 Å². The minimum atomic E-state index is -0.641. The molecule has 0 fully saturated rings. The first-order chi connectivity index (χ1) is 14.6. The number of benzene rings is 3. The van der Waals surface area contributed by atoms with Crippen LogP contribution >= 0.6 is 0 Å². The topological polar surface area (TPSA) is 47.6 Å². The molecule has 30 heavy (non-hydrogen) atoms. The molecule has 2 atom stereocenters. The summed E-state index contributed by atoms with van der Waals surface area (Å²) in [5.74, 6) is 1.53. The fourth-order valence-electron chi connectivity index (χ4n) is 3.12. The van der Waals surface area contributed by atoms with Gasteiger partial charge in [0.05, 0.1) is 5.69 Å². The van der Waals surface area contributed by atoms with E-state index in [9.17, 15) is 4.79 Å². The van der Waals surface area contributed by atoms with Gasteiger partial charge >= 0.3 is 0 Å². The van der Waals surface area contributed by atoms with Crippen LogP contribution in [0, 0.1) is 0 Å². The Morgan fingerprint density at radius 2 is 1.50 bits per heavy atom. The van der Waals surface area contributed by atoms with Crippen molar-refractivity contribution in [3.05, 3.63) is 90.0 Å². The van der Waals surface area contributed by atoms with Gasteiger partial charge in [-0.15, -0.1) is 0 Å². The van der Waals surface area contributed by atoms with Gasteiger partial charge in [-0.05, 0) is 48.6 Å². The lowest BCUT2D eigenvalue weighted by atomic mass is 9.98. The minimum absolute atomic E-state index is 0.218. The maximum absolute atomic E-state index is 12.8. The van der Waals surface area contributed by atoms with Gasteiger partial charge in [-0.25, -0.2) is 0 Å². The molecule has 0 aliphatic heterocycles. The van der Waals surface area contributed by atoms with E-state index in [1.54, 1.807) is 6.92 Å². The van der Waals surface area contributed by atoms with Crippen LogP contribution in [-0.4, -0.2) is 12.0 Å². The van der Waals surface area contributed by atoms with Crippen molar-refractivity contribution < 1.29 is 14.3 Å². The molecular weight excluding hydrogens is 374 g/mol. The highest BCUT2D eigenvalue weighted by Gasteiger charge is 2.19. The summed E-state index contributed by atoms with van der Waals surface area (Å²) in [7, 11) is 0. The first-order valence-electron chi connectivity index (χ1n) is 10.4. The van der Waals surface area contributed by atoms with Gasteiger partial charge in [-0.3, -0.25) is 4.79 Å². The quantitative estimate of drug-likeness (QED) is 0.464. The average molecular weight is 404 g/mol. The lowest BCUT2D eigenvalue weighted by molar-refractivity contribution is -0.122. The number of para-hydroxylation sites is 3. The molecule has 3 aromatic rings. The Bertz CT molecular complexity index is 955. The molecule has 2 unspecified atom stereocenters. The number of nitrogens with one attached hydrogen (secondary N) is 1. The number of carbonyl (C=O) groups excluding carboxylic acids is 1. The predicted octanol–water partition coefficient (Wildman–Crippen LogP) is 6.19. The number of hydrogen-bond donors (Lipinski definition) is 1. The van der Waals surface area contributed by atoms with Gasteiger partial charge < -0.3 is 14.8 Å². The van der Waals surface area contributed by atoms with Crippen LogP contribution in [0.1, 0.15) is 44.2 Å². The summed E-state index contributed by atoms with van der Waals surface area (Å²) in [5, 5.41) is 2.94. The molecule has 4 heteroatoms. The number of ether oxygens (including phenoxy) is 2. The van der Waals surface area contributed by atoms with Crippen LogP contribution in [0.15, 0.2) is 78.9 Å². The van der Waals surface area contributed by atoms with Crippen LogP contribution in [0.4, 0.5) is 5.69 Å². The lowest BCUT2D eigenvalue weighted by Crippen LogP contribution is -2.30. The molecule has 0 saturated carbocycles. The number of carbonyl (C=O) groups is 1. The molecule has 1 N–H and O–H groups in total. The summed E-state index contributed by atoms with van der Waals surface area (Å²) in [4.78, 5) is 12.8. The summed E-state index contributed by atoms with van der Waals surface area (Å²) in [6, 6.07) is 25.3. The predicted molar refractivity (Wildman–Crippen MR) is 121 cm³/mol. The van der Waals surface area contributed by atoms with Crippen molar-refractivity contribution in [2.24, 2.45) is 0 Å². The summed E-state index contributed by atoms with van der Waals surface area (Å²) >= 11 is 0. The van der Waals surface area contributed by atoms with Gasteiger partial charge in [-0.1, -0.05) is 74.5 Å². The molecule has 0 heterocycles. The van der Waals surface area contributed by atoms with Gasteiger partial charge in [0, 0.05) is 0 Å². The zero-order valence-corrected chi connectivity index (χ0v) is 17.8. The zero-order chi connectivity index (χ0) is 21.3. The Labute approximate surface area is 178 Å². The molecule has 0 spiro atoms. The van der Waals surface area contributed by atoms with Gasteiger partial charge in [0.15, 0.2) is 6.10 Å². The maximum atomic E-state index is 12.8. The van der Waals surface area contributed by atoms with E-state index in [0.29, 0.717) is 24.0 Å². The third-order valence-electron chi connectivity index (χ3n) is 5.12. The molecule has 3 aromatic carbocycles. The molecule has 0 aromatic heterocycles. The monoisotopic (exact) mass is 403 g/mol. The van der Waals surface area contributed by atoms with Gasteiger partial charge in [0.1, 0.15) is 18.1 Å². The molecule has 0 bridgehead atoms. The highest BCUT2D eigenvalue weighted by atomic mass is 16.5. The van der Waals surface area contributed by atoms with E-state index in [0.717, 1.165) is 23.3 Å². The Morgan fingerprint density at radius 1 is 0.867 bits per heavy atom. The van der Waals surface area contributed by atoms with Crippen molar-refractivity contribution in [2.75, 3.05) is 5.32 Å². The SMILES string of the molecule is CCC(C)c1ccccc1OC(C)C(=O)Nc1ccccc1OCc1ccccc1. The van der Waals surface area contributed by atoms with Crippen molar-refractivity contribution in [3.63, 3.8) is 0 Å². The van der Waals surface area contributed by atoms with Crippen LogP contribution < -0.4 is 14.8 Å². The molecule has 1 amide bonds. The van der Waals surface area contributed by atoms with Crippen molar-refractivity contribution in [1.29, 1.82) is 0 Å². The number of hydrogen-bond acceptors (Lipinski definition) is 3. The molecule has 0 saturated heterocycles.